The second kappa shape index (κ2) is 10.4. The Morgan fingerprint density at radius 2 is 2.13 bits per heavy atom. The van der Waals surface area contributed by atoms with E-state index >= 15 is 0 Å². The number of morpholine rings is 1. The van der Waals surface area contributed by atoms with Gasteiger partial charge >= 0.3 is 0 Å². The number of hydrazone groups is 1. The zero-order valence-electron chi connectivity index (χ0n) is 17.7. The van der Waals surface area contributed by atoms with Crippen LogP contribution in [0.4, 0.5) is 11.5 Å². The summed E-state index contributed by atoms with van der Waals surface area (Å²) in [6.07, 6.45) is 1.79. The number of aryl methyl sites for hydroxylation is 1. The van der Waals surface area contributed by atoms with Gasteiger partial charge in [-0.2, -0.15) is 10.1 Å². The molecule has 0 atom stereocenters. The first-order valence-corrected chi connectivity index (χ1v) is 10.9. The molecule has 8 nitrogen and oxygen atoms in total. The highest BCUT2D eigenvalue weighted by molar-refractivity contribution is 7.80. The molecular formula is C22H28N6O2S. The first-order chi connectivity index (χ1) is 15.2. The summed E-state index contributed by atoms with van der Waals surface area (Å²) in [5, 5.41) is 8.31. The highest BCUT2D eigenvalue weighted by atomic mass is 32.1. The molecule has 0 bridgehead atoms. The molecule has 0 radical (unpaired) electrons. The summed E-state index contributed by atoms with van der Waals surface area (Å²) in [5.74, 6) is 1.21. The third-order valence-electron chi connectivity index (χ3n) is 5.15. The number of benzene rings is 1. The van der Waals surface area contributed by atoms with E-state index in [1.807, 2.05) is 24.3 Å². The Hall–Kier alpha value is -2.91. The van der Waals surface area contributed by atoms with E-state index < -0.39 is 0 Å². The molecule has 2 aliphatic rings. The molecule has 0 aliphatic carbocycles. The highest BCUT2D eigenvalue weighted by Crippen LogP contribution is 2.25. The lowest BCUT2D eigenvalue weighted by atomic mass is 10.2. The van der Waals surface area contributed by atoms with E-state index in [1.54, 1.807) is 6.21 Å². The number of nitrogens with zero attached hydrogens (tertiary/aromatic N) is 4. The summed E-state index contributed by atoms with van der Waals surface area (Å²) in [5.41, 5.74) is 6.32. The molecule has 31 heavy (non-hydrogen) atoms. The molecule has 2 aromatic rings. The van der Waals surface area contributed by atoms with Gasteiger partial charge in [-0.15, -0.1) is 0 Å². The molecular weight excluding hydrogens is 412 g/mol. The molecule has 3 heterocycles. The Morgan fingerprint density at radius 3 is 2.90 bits per heavy atom. The second-order valence-electron chi connectivity index (χ2n) is 7.50. The van der Waals surface area contributed by atoms with Gasteiger partial charge < -0.3 is 24.6 Å². The first-order valence-electron chi connectivity index (χ1n) is 10.5. The molecule has 1 aromatic heterocycles. The minimum absolute atomic E-state index is 0.507. The van der Waals surface area contributed by atoms with Crippen LogP contribution in [0.5, 0.6) is 5.88 Å². The number of rotatable bonds is 8. The lowest BCUT2D eigenvalue weighted by Crippen LogP contribution is -2.36. The van der Waals surface area contributed by atoms with E-state index in [1.165, 1.54) is 5.56 Å². The van der Waals surface area contributed by atoms with Gasteiger partial charge in [-0.05, 0) is 24.7 Å². The Bertz CT molecular complexity index is 932. The molecule has 0 saturated carbocycles. The fourth-order valence-corrected chi connectivity index (χ4v) is 3.82. The monoisotopic (exact) mass is 440 g/mol. The summed E-state index contributed by atoms with van der Waals surface area (Å²) in [6.45, 7) is 8.19. The van der Waals surface area contributed by atoms with Crippen LogP contribution in [-0.2, 0) is 4.74 Å². The van der Waals surface area contributed by atoms with Crippen LogP contribution in [0.15, 0.2) is 41.5 Å². The molecule has 0 spiro atoms. The molecule has 1 aromatic carbocycles. The third-order valence-corrected chi connectivity index (χ3v) is 5.56. The average Bonchev–Trinajstić information content (AvgIpc) is 3.19. The summed E-state index contributed by atoms with van der Waals surface area (Å²) >= 11 is 5.29. The molecule has 4 rings (SSSR count). The molecule has 164 valence electrons. The van der Waals surface area contributed by atoms with Crippen molar-refractivity contribution in [1.29, 1.82) is 0 Å². The van der Waals surface area contributed by atoms with Crippen LogP contribution >= 0.6 is 12.2 Å². The second-order valence-corrected chi connectivity index (χ2v) is 7.89. The Morgan fingerprint density at radius 1 is 1.26 bits per heavy atom. The number of thiocarbonyl (C=S) groups is 1. The van der Waals surface area contributed by atoms with Gasteiger partial charge in [0.2, 0.25) is 5.88 Å². The van der Waals surface area contributed by atoms with E-state index in [0.717, 1.165) is 49.1 Å². The van der Waals surface area contributed by atoms with E-state index in [2.05, 4.69) is 49.7 Å². The molecule has 2 N–H and O–H groups in total. The number of aromatic nitrogens is 1. The Labute approximate surface area is 188 Å². The predicted octanol–water partition coefficient (Wildman–Crippen LogP) is 2.24. The van der Waals surface area contributed by atoms with Crippen molar-refractivity contribution in [2.75, 3.05) is 62.9 Å². The van der Waals surface area contributed by atoms with Crippen LogP contribution in [0, 0.1) is 6.92 Å². The van der Waals surface area contributed by atoms with Gasteiger partial charge in [0, 0.05) is 44.0 Å². The van der Waals surface area contributed by atoms with Crippen LogP contribution in [0.3, 0.4) is 0 Å². The standard InChI is InChI=1S/C22H28N6O2S/c1-17-3-2-4-18(13-17)16-24-26-20-14-19(27-7-10-29-11-8-27)15-21(25-20)30-12-9-28-6-5-23-22(28)31/h2-4,13-16H,5-12H2,1H3,(H,23,31)(H,25,26)/b24-16+. The largest absolute Gasteiger partial charge is 0.476 e. The van der Waals surface area contributed by atoms with Crippen LogP contribution in [0.2, 0.25) is 0 Å². The maximum Gasteiger partial charge on any atom is 0.217 e. The Kier molecular flexibility index (Phi) is 7.16. The van der Waals surface area contributed by atoms with Crippen molar-refractivity contribution in [3.05, 3.63) is 47.5 Å². The van der Waals surface area contributed by atoms with Gasteiger partial charge in [0.05, 0.1) is 26.0 Å². The quantitative estimate of drug-likeness (QED) is 0.368. The van der Waals surface area contributed by atoms with Crippen molar-refractivity contribution in [3.63, 3.8) is 0 Å². The number of pyridine rings is 1. The zero-order chi connectivity index (χ0) is 21.5. The lowest BCUT2D eigenvalue weighted by Gasteiger charge is -2.29. The van der Waals surface area contributed by atoms with E-state index in [9.17, 15) is 0 Å². The molecule has 2 fully saturated rings. The van der Waals surface area contributed by atoms with Gasteiger partial charge in [-0.1, -0.05) is 29.8 Å². The number of hydrogen-bond donors (Lipinski definition) is 2. The van der Waals surface area contributed by atoms with E-state index in [-0.39, 0.29) is 0 Å². The van der Waals surface area contributed by atoms with Gasteiger partial charge in [0.1, 0.15) is 6.61 Å². The summed E-state index contributed by atoms with van der Waals surface area (Å²) in [6, 6.07) is 12.1. The predicted molar refractivity (Wildman–Crippen MR) is 127 cm³/mol. The van der Waals surface area contributed by atoms with Crippen molar-refractivity contribution < 1.29 is 9.47 Å². The van der Waals surface area contributed by atoms with Crippen LogP contribution in [0.1, 0.15) is 11.1 Å². The summed E-state index contributed by atoms with van der Waals surface area (Å²) < 4.78 is 11.5. The number of anilines is 2. The SMILES string of the molecule is Cc1cccc(/C=N/Nc2cc(N3CCOCC3)cc(OCCN3CCNC3=S)n2)c1. The fraction of sp³-hybridized carbons (Fsp3) is 0.409. The zero-order valence-corrected chi connectivity index (χ0v) is 18.5. The van der Waals surface area contributed by atoms with Gasteiger partial charge in [0.15, 0.2) is 10.9 Å². The lowest BCUT2D eigenvalue weighted by molar-refractivity contribution is 0.122. The maximum atomic E-state index is 5.98. The van der Waals surface area contributed by atoms with Crippen LogP contribution in [0.25, 0.3) is 0 Å². The molecule has 2 aliphatic heterocycles. The van der Waals surface area contributed by atoms with Gasteiger partial charge in [-0.25, -0.2) is 0 Å². The topological polar surface area (TPSA) is 74.2 Å². The van der Waals surface area contributed by atoms with E-state index in [0.29, 0.717) is 31.5 Å². The normalized spacial score (nSPS) is 16.6. The molecule has 2 saturated heterocycles. The van der Waals surface area contributed by atoms with Gasteiger partial charge in [-0.3, -0.25) is 5.43 Å². The van der Waals surface area contributed by atoms with Crippen molar-refractivity contribution in [3.8, 4) is 5.88 Å². The van der Waals surface area contributed by atoms with Crippen LogP contribution in [-0.4, -0.2) is 73.8 Å². The molecule has 9 heteroatoms. The van der Waals surface area contributed by atoms with Crippen molar-refractivity contribution in [1.82, 2.24) is 15.2 Å². The summed E-state index contributed by atoms with van der Waals surface area (Å²) in [7, 11) is 0. The minimum atomic E-state index is 0.507. The fourth-order valence-electron chi connectivity index (χ4n) is 3.54. The first kappa shape index (κ1) is 21.3. The number of ether oxygens (including phenoxy) is 2. The smallest absolute Gasteiger partial charge is 0.217 e. The van der Waals surface area contributed by atoms with Crippen molar-refractivity contribution >= 4 is 35.1 Å². The molecule has 0 unspecified atom stereocenters. The average molecular weight is 441 g/mol. The summed E-state index contributed by atoms with van der Waals surface area (Å²) in [4.78, 5) is 8.96. The maximum absolute atomic E-state index is 5.98. The van der Waals surface area contributed by atoms with Crippen molar-refractivity contribution in [2.45, 2.75) is 6.92 Å². The number of hydrogen-bond acceptors (Lipinski definition) is 7. The Balaban J connectivity index is 1.45. The minimum Gasteiger partial charge on any atom is -0.476 e. The van der Waals surface area contributed by atoms with Crippen molar-refractivity contribution in [2.24, 2.45) is 5.10 Å². The highest BCUT2D eigenvalue weighted by Gasteiger charge is 2.17. The third kappa shape index (κ3) is 6.05. The van der Waals surface area contributed by atoms with Crippen LogP contribution < -0.4 is 20.4 Å². The number of nitrogens with one attached hydrogen (secondary N) is 2. The van der Waals surface area contributed by atoms with Gasteiger partial charge in [0.25, 0.3) is 0 Å². The molecule has 0 amide bonds. The van der Waals surface area contributed by atoms with E-state index in [4.69, 9.17) is 21.7 Å².